The number of aliphatic imine (C=N–C) groups is 1. The first-order valence-corrected chi connectivity index (χ1v) is 7.24. The predicted molar refractivity (Wildman–Crippen MR) is 88.8 cm³/mol. The van der Waals surface area contributed by atoms with Crippen LogP contribution in [0.2, 0.25) is 0 Å². The van der Waals surface area contributed by atoms with Crippen molar-refractivity contribution in [2.24, 2.45) is 4.99 Å². The van der Waals surface area contributed by atoms with Crippen molar-refractivity contribution in [1.82, 2.24) is 20.5 Å². The summed E-state index contributed by atoms with van der Waals surface area (Å²) >= 11 is 0. The minimum atomic E-state index is -0.0284. The van der Waals surface area contributed by atoms with E-state index in [1.54, 1.807) is 21.1 Å². The first-order chi connectivity index (χ1) is 11.1. The van der Waals surface area contributed by atoms with Crippen molar-refractivity contribution in [3.63, 3.8) is 0 Å². The normalized spacial score (nSPS) is 11.2. The number of carbonyl (C=O) groups is 1. The van der Waals surface area contributed by atoms with E-state index in [4.69, 9.17) is 4.42 Å². The van der Waals surface area contributed by atoms with Crippen LogP contribution in [0.15, 0.2) is 46.1 Å². The maximum absolute atomic E-state index is 11.6. The van der Waals surface area contributed by atoms with Crippen LogP contribution >= 0.6 is 0 Å². The van der Waals surface area contributed by atoms with Gasteiger partial charge in [0.05, 0.1) is 13.1 Å². The molecular weight excluding hydrogens is 294 g/mol. The molecule has 0 saturated carbocycles. The standard InChI is InChI=1S/C16H21N5O2/c1-17-16(19-10-14(22)21(2)3)18-9-13-15(23-11-20-13)12-7-5-4-6-8-12/h4-8,11H,9-10H2,1-3H3,(H2,17,18,19). The lowest BCUT2D eigenvalue weighted by Gasteiger charge is -2.14. The molecule has 0 spiro atoms. The third-order valence-corrected chi connectivity index (χ3v) is 3.23. The summed E-state index contributed by atoms with van der Waals surface area (Å²) < 4.78 is 5.47. The number of guanidine groups is 1. The van der Waals surface area contributed by atoms with Crippen molar-refractivity contribution < 1.29 is 9.21 Å². The summed E-state index contributed by atoms with van der Waals surface area (Å²) in [5, 5.41) is 6.08. The highest BCUT2D eigenvalue weighted by molar-refractivity contribution is 5.86. The van der Waals surface area contributed by atoms with Gasteiger partial charge in [0.15, 0.2) is 18.1 Å². The van der Waals surface area contributed by atoms with E-state index in [0.29, 0.717) is 12.5 Å². The molecule has 0 aliphatic carbocycles. The molecule has 0 bridgehead atoms. The topological polar surface area (TPSA) is 82.8 Å². The second-order valence-electron chi connectivity index (χ2n) is 5.06. The van der Waals surface area contributed by atoms with Gasteiger partial charge in [0.2, 0.25) is 5.91 Å². The summed E-state index contributed by atoms with van der Waals surface area (Å²) in [7, 11) is 5.07. The fourth-order valence-corrected chi connectivity index (χ4v) is 1.92. The number of rotatable bonds is 5. The van der Waals surface area contributed by atoms with Crippen LogP contribution in [0.1, 0.15) is 5.69 Å². The van der Waals surface area contributed by atoms with Gasteiger partial charge in [-0.15, -0.1) is 0 Å². The third kappa shape index (κ3) is 4.57. The lowest BCUT2D eigenvalue weighted by molar-refractivity contribution is -0.127. The molecule has 1 aromatic heterocycles. The average molecular weight is 315 g/mol. The number of oxazole rings is 1. The Labute approximate surface area is 135 Å². The van der Waals surface area contributed by atoms with Gasteiger partial charge < -0.3 is 20.0 Å². The van der Waals surface area contributed by atoms with E-state index in [1.807, 2.05) is 30.3 Å². The minimum Gasteiger partial charge on any atom is -0.443 e. The van der Waals surface area contributed by atoms with Crippen molar-refractivity contribution in [2.75, 3.05) is 27.7 Å². The smallest absolute Gasteiger partial charge is 0.241 e. The fourth-order valence-electron chi connectivity index (χ4n) is 1.92. The molecule has 2 rings (SSSR count). The Morgan fingerprint density at radius 2 is 2.00 bits per heavy atom. The molecular formula is C16H21N5O2. The summed E-state index contributed by atoms with van der Waals surface area (Å²) in [5.74, 6) is 1.22. The van der Waals surface area contributed by atoms with Crippen LogP contribution < -0.4 is 10.6 Å². The van der Waals surface area contributed by atoms with Crippen LogP contribution in [0.4, 0.5) is 0 Å². The maximum Gasteiger partial charge on any atom is 0.241 e. The summed E-state index contributed by atoms with van der Waals surface area (Å²) in [5.41, 5.74) is 1.74. The molecule has 1 amide bonds. The molecule has 23 heavy (non-hydrogen) atoms. The number of likely N-dealkylation sites (N-methyl/N-ethyl adjacent to an activating group) is 1. The first-order valence-electron chi connectivity index (χ1n) is 7.24. The van der Waals surface area contributed by atoms with Gasteiger partial charge in [-0.3, -0.25) is 9.79 Å². The van der Waals surface area contributed by atoms with Crippen LogP contribution in [0.3, 0.4) is 0 Å². The summed E-state index contributed by atoms with van der Waals surface area (Å²) in [4.78, 5) is 21.4. The zero-order valence-electron chi connectivity index (χ0n) is 13.5. The lowest BCUT2D eigenvalue weighted by Crippen LogP contribution is -2.42. The third-order valence-electron chi connectivity index (χ3n) is 3.23. The fraction of sp³-hybridized carbons (Fsp3) is 0.312. The van der Waals surface area contributed by atoms with Crippen molar-refractivity contribution in [3.05, 3.63) is 42.4 Å². The zero-order chi connectivity index (χ0) is 16.7. The van der Waals surface area contributed by atoms with Gasteiger partial charge in [-0.1, -0.05) is 30.3 Å². The number of hydrogen-bond donors (Lipinski definition) is 2. The van der Waals surface area contributed by atoms with Crippen LogP contribution in [0.5, 0.6) is 0 Å². The molecule has 2 N–H and O–H groups in total. The van der Waals surface area contributed by atoms with Crippen LogP contribution in [-0.2, 0) is 11.3 Å². The quantitative estimate of drug-likeness (QED) is 0.637. The van der Waals surface area contributed by atoms with Crippen LogP contribution in [0.25, 0.3) is 11.3 Å². The molecule has 1 aromatic carbocycles. The highest BCUT2D eigenvalue weighted by Crippen LogP contribution is 2.22. The van der Waals surface area contributed by atoms with Crippen molar-refractivity contribution >= 4 is 11.9 Å². The molecule has 1 heterocycles. The Balaban J connectivity index is 1.95. The Morgan fingerprint density at radius 1 is 1.26 bits per heavy atom. The van der Waals surface area contributed by atoms with E-state index in [0.717, 1.165) is 17.0 Å². The Morgan fingerprint density at radius 3 is 2.65 bits per heavy atom. The highest BCUT2D eigenvalue weighted by atomic mass is 16.3. The second kappa shape index (κ2) is 7.98. The minimum absolute atomic E-state index is 0.0284. The van der Waals surface area contributed by atoms with Crippen molar-refractivity contribution in [2.45, 2.75) is 6.54 Å². The number of aromatic nitrogens is 1. The number of nitrogens with zero attached hydrogens (tertiary/aromatic N) is 3. The van der Waals surface area contributed by atoms with Gasteiger partial charge in [0.25, 0.3) is 0 Å². The number of benzene rings is 1. The van der Waals surface area contributed by atoms with E-state index in [2.05, 4.69) is 20.6 Å². The van der Waals surface area contributed by atoms with Gasteiger partial charge in [0, 0.05) is 26.7 Å². The molecule has 122 valence electrons. The number of hydrogen-bond acceptors (Lipinski definition) is 4. The van der Waals surface area contributed by atoms with Crippen molar-refractivity contribution in [1.29, 1.82) is 0 Å². The first kappa shape index (κ1) is 16.5. The molecule has 0 fully saturated rings. The number of carbonyl (C=O) groups excluding carboxylic acids is 1. The van der Waals surface area contributed by atoms with Gasteiger partial charge in [-0.25, -0.2) is 4.98 Å². The molecule has 2 aromatic rings. The average Bonchev–Trinajstić information content (AvgIpc) is 3.04. The zero-order valence-corrected chi connectivity index (χ0v) is 13.5. The van der Waals surface area contributed by atoms with Crippen molar-refractivity contribution in [3.8, 4) is 11.3 Å². The highest BCUT2D eigenvalue weighted by Gasteiger charge is 2.11. The van der Waals surface area contributed by atoms with E-state index in [1.165, 1.54) is 11.3 Å². The molecule has 0 saturated heterocycles. The van der Waals surface area contributed by atoms with Crippen LogP contribution in [-0.4, -0.2) is 49.4 Å². The predicted octanol–water partition coefficient (Wildman–Crippen LogP) is 1.09. The summed E-state index contributed by atoms with van der Waals surface area (Å²) in [6.07, 6.45) is 1.42. The largest absolute Gasteiger partial charge is 0.443 e. The molecule has 7 heteroatoms. The molecule has 0 unspecified atom stereocenters. The lowest BCUT2D eigenvalue weighted by atomic mass is 10.1. The number of nitrogens with one attached hydrogen (secondary N) is 2. The number of amides is 1. The van der Waals surface area contributed by atoms with Gasteiger partial charge in [-0.2, -0.15) is 0 Å². The van der Waals surface area contributed by atoms with E-state index in [9.17, 15) is 4.79 Å². The molecule has 7 nitrogen and oxygen atoms in total. The molecule has 0 atom stereocenters. The Hall–Kier alpha value is -2.83. The maximum atomic E-state index is 11.6. The van der Waals surface area contributed by atoms with E-state index in [-0.39, 0.29) is 12.5 Å². The van der Waals surface area contributed by atoms with E-state index >= 15 is 0 Å². The summed E-state index contributed by atoms with van der Waals surface area (Å²) in [6.45, 7) is 0.619. The molecule has 0 radical (unpaired) electrons. The molecule has 0 aliphatic rings. The SMILES string of the molecule is CN=C(NCC(=O)N(C)C)NCc1ncoc1-c1ccccc1. The van der Waals surface area contributed by atoms with Gasteiger partial charge >= 0.3 is 0 Å². The molecule has 0 aliphatic heterocycles. The second-order valence-corrected chi connectivity index (χ2v) is 5.06. The van der Waals surface area contributed by atoms with Crippen LogP contribution in [0, 0.1) is 0 Å². The van der Waals surface area contributed by atoms with Gasteiger partial charge in [-0.05, 0) is 0 Å². The Kier molecular flexibility index (Phi) is 5.74. The monoisotopic (exact) mass is 315 g/mol. The summed E-state index contributed by atoms with van der Waals surface area (Å²) in [6, 6.07) is 9.77. The van der Waals surface area contributed by atoms with E-state index < -0.39 is 0 Å². The Bertz CT molecular complexity index is 664. The van der Waals surface area contributed by atoms with Gasteiger partial charge in [0.1, 0.15) is 5.69 Å².